The van der Waals surface area contributed by atoms with Gasteiger partial charge in [-0.15, -0.1) is 0 Å². The van der Waals surface area contributed by atoms with Gasteiger partial charge in [0.25, 0.3) is 5.91 Å². The molecule has 0 atom stereocenters. The molecule has 1 aliphatic rings. The second-order valence-corrected chi connectivity index (χ2v) is 10.3. The largest absolute Gasteiger partial charge is 0.452 e. The van der Waals surface area contributed by atoms with Crippen molar-refractivity contribution in [1.29, 1.82) is 0 Å². The van der Waals surface area contributed by atoms with Gasteiger partial charge < -0.3 is 15.0 Å². The molecule has 0 unspecified atom stereocenters. The molecular formula is C22H26ClN3O5S. The molecule has 1 N–H and O–H groups in total. The van der Waals surface area contributed by atoms with E-state index in [-0.39, 0.29) is 10.5 Å². The fraction of sp³-hybridized carbons (Fsp3) is 0.364. The highest BCUT2D eigenvalue weighted by Gasteiger charge is 2.25. The summed E-state index contributed by atoms with van der Waals surface area (Å²) in [5.74, 6) is -1.29. The Morgan fingerprint density at radius 2 is 1.81 bits per heavy atom. The molecule has 8 nitrogen and oxygen atoms in total. The van der Waals surface area contributed by atoms with Gasteiger partial charge in [-0.25, -0.2) is 17.5 Å². The highest BCUT2D eigenvalue weighted by molar-refractivity contribution is 7.89. The average Bonchev–Trinajstić information content (AvgIpc) is 3.29. The summed E-state index contributed by atoms with van der Waals surface area (Å²) < 4.78 is 31.4. The monoisotopic (exact) mass is 479 g/mol. The molecule has 0 saturated carbocycles. The number of hydrogen-bond donors (Lipinski definition) is 1. The van der Waals surface area contributed by atoms with Gasteiger partial charge in [-0.05, 0) is 55.7 Å². The number of nitrogens with one attached hydrogen (secondary N) is 1. The van der Waals surface area contributed by atoms with Crippen LogP contribution in [0.2, 0.25) is 5.02 Å². The number of ether oxygens (including phenoxy) is 1. The minimum atomic E-state index is -3.74. The van der Waals surface area contributed by atoms with Crippen molar-refractivity contribution in [2.45, 2.75) is 24.7 Å². The number of hydrogen-bond acceptors (Lipinski definition) is 6. The molecule has 1 amide bonds. The maximum absolute atomic E-state index is 12.9. The third-order valence-electron chi connectivity index (χ3n) is 5.20. The number of halogens is 1. The Hall–Kier alpha value is -2.62. The maximum Gasteiger partial charge on any atom is 0.340 e. The number of sulfonamides is 1. The molecular weight excluding hydrogens is 454 g/mol. The predicted octanol–water partition coefficient (Wildman–Crippen LogP) is 3.29. The van der Waals surface area contributed by atoms with Crippen LogP contribution in [0.25, 0.3) is 0 Å². The first kappa shape index (κ1) is 24.0. The molecule has 172 valence electrons. The van der Waals surface area contributed by atoms with E-state index in [1.807, 2.05) is 11.8 Å². The van der Waals surface area contributed by atoms with Gasteiger partial charge in [0.1, 0.15) is 0 Å². The second kappa shape index (κ2) is 9.89. The Balaban J connectivity index is 1.78. The van der Waals surface area contributed by atoms with E-state index in [0.29, 0.717) is 16.4 Å². The Labute approximate surface area is 193 Å². The number of amides is 1. The quantitative estimate of drug-likeness (QED) is 0.612. The van der Waals surface area contributed by atoms with E-state index in [9.17, 15) is 18.0 Å². The van der Waals surface area contributed by atoms with E-state index in [1.165, 1.54) is 26.2 Å². The Kier molecular flexibility index (Phi) is 7.43. The van der Waals surface area contributed by atoms with Crippen LogP contribution in [-0.4, -0.2) is 58.4 Å². The molecule has 0 bridgehead atoms. The van der Waals surface area contributed by atoms with Gasteiger partial charge in [-0.3, -0.25) is 4.79 Å². The molecule has 1 aliphatic heterocycles. The Morgan fingerprint density at radius 3 is 2.44 bits per heavy atom. The number of aryl methyl sites for hydroxylation is 1. The third kappa shape index (κ3) is 5.40. The zero-order valence-corrected chi connectivity index (χ0v) is 19.8. The van der Waals surface area contributed by atoms with Crippen molar-refractivity contribution >= 4 is 44.9 Å². The molecule has 2 aromatic carbocycles. The summed E-state index contributed by atoms with van der Waals surface area (Å²) in [6.07, 6.45) is 1.96. The zero-order chi connectivity index (χ0) is 23.5. The Bertz CT molecular complexity index is 1130. The summed E-state index contributed by atoms with van der Waals surface area (Å²) in [5, 5.41) is 3.13. The van der Waals surface area contributed by atoms with Crippen LogP contribution in [0.4, 0.5) is 11.4 Å². The van der Waals surface area contributed by atoms with Crippen LogP contribution in [-0.2, 0) is 19.6 Å². The SMILES string of the molecule is Cc1ccc(NC(=O)COC(=O)c2cc(S(=O)(=O)N(C)C)ccc2N2CCCC2)cc1Cl. The van der Waals surface area contributed by atoms with E-state index < -0.39 is 28.5 Å². The van der Waals surface area contributed by atoms with Gasteiger partial charge in [-0.1, -0.05) is 17.7 Å². The molecule has 1 heterocycles. The minimum Gasteiger partial charge on any atom is -0.452 e. The molecule has 0 aliphatic carbocycles. The highest BCUT2D eigenvalue weighted by atomic mass is 35.5. The summed E-state index contributed by atoms with van der Waals surface area (Å²) in [6, 6.07) is 9.48. The van der Waals surface area contributed by atoms with Crippen LogP contribution < -0.4 is 10.2 Å². The van der Waals surface area contributed by atoms with E-state index >= 15 is 0 Å². The van der Waals surface area contributed by atoms with E-state index in [2.05, 4.69) is 5.32 Å². The van der Waals surface area contributed by atoms with Crippen molar-refractivity contribution in [1.82, 2.24) is 4.31 Å². The lowest BCUT2D eigenvalue weighted by molar-refractivity contribution is -0.119. The number of esters is 1. The summed E-state index contributed by atoms with van der Waals surface area (Å²) in [6.45, 7) is 2.84. The first-order valence-corrected chi connectivity index (χ1v) is 12.0. The summed E-state index contributed by atoms with van der Waals surface area (Å²) >= 11 is 6.06. The topological polar surface area (TPSA) is 96.0 Å². The number of carbonyl (C=O) groups excluding carboxylic acids is 2. The van der Waals surface area contributed by atoms with Crippen LogP contribution in [0.15, 0.2) is 41.3 Å². The standard InChI is InChI=1S/C22H26ClN3O5S/c1-15-6-7-16(12-19(15)23)24-21(27)14-31-22(28)18-13-17(32(29,30)25(2)3)8-9-20(18)26-10-4-5-11-26/h6-9,12-13H,4-5,10-11,14H2,1-3H3,(H,24,27). The van der Waals surface area contributed by atoms with Gasteiger partial charge in [0.05, 0.1) is 16.1 Å². The molecule has 1 saturated heterocycles. The normalized spacial score (nSPS) is 14.0. The summed E-state index contributed by atoms with van der Waals surface area (Å²) in [5.41, 5.74) is 2.06. The average molecular weight is 480 g/mol. The number of rotatable bonds is 7. The van der Waals surface area contributed by atoms with Crippen LogP contribution >= 0.6 is 11.6 Å². The van der Waals surface area contributed by atoms with E-state index in [4.69, 9.17) is 16.3 Å². The van der Waals surface area contributed by atoms with Gasteiger partial charge in [0, 0.05) is 37.9 Å². The number of carbonyl (C=O) groups is 2. The van der Waals surface area contributed by atoms with Crippen LogP contribution in [0.5, 0.6) is 0 Å². The van der Waals surface area contributed by atoms with Crippen LogP contribution in [0.1, 0.15) is 28.8 Å². The van der Waals surface area contributed by atoms with Crippen molar-refractivity contribution in [2.75, 3.05) is 44.0 Å². The molecule has 3 rings (SSSR count). The fourth-order valence-corrected chi connectivity index (χ4v) is 4.47. The van der Waals surface area contributed by atoms with Gasteiger partial charge in [-0.2, -0.15) is 0 Å². The predicted molar refractivity (Wildman–Crippen MR) is 124 cm³/mol. The Morgan fingerprint density at radius 1 is 1.12 bits per heavy atom. The lowest BCUT2D eigenvalue weighted by Gasteiger charge is -2.22. The van der Waals surface area contributed by atoms with Gasteiger partial charge >= 0.3 is 5.97 Å². The molecule has 10 heteroatoms. The lowest BCUT2D eigenvalue weighted by Crippen LogP contribution is -2.26. The first-order valence-electron chi connectivity index (χ1n) is 10.1. The molecule has 2 aromatic rings. The van der Waals surface area contributed by atoms with Crippen LogP contribution in [0, 0.1) is 6.92 Å². The van der Waals surface area contributed by atoms with Gasteiger partial charge in [0.15, 0.2) is 6.61 Å². The third-order valence-corrected chi connectivity index (χ3v) is 7.42. The van der Waals surface area contributed by atoms with Crippen molar-refractivity contribution < 1.29 is 22.7 Å². The number of benzene rings is 2. The highest BCUT2D eigenvalue weighted by Crippen LogP contribution is 2.29. The number of anilines is 2. The number of nitrogens with zero attached hydrogens (tertiary/aromatic N) is 2. The summed E-state index contributed by atoms with van der Waals surface area (Å²) in [7, 11) is -0.898. The first-order chi connectivity index (χ1) is 15.1. The van der Waals surface area contributed by atoms with Crippen molar-refractivity contribution in [3.05, 3.63) is 52.5 Å². The zero-order valence-electron chi connectivity index (χ0n) is 18.2. The van der Waals surface area contributed by atoms with E-state index in [1.54, 1.807) is 24.3 Å². The summed E-state index contributed by atoms with van der Waals surface area (Å²) in [4.78, 5) is 27.1. The molecule has 1 fully saturated rings. The molecule has 32 heavy (non-hydrogen) atoms. The molecule has 0 radical (unpaired) electrons. The van der Waals surface area contributed by atoms with Crippen molar-refractivity contribution in [3.8, 4) is 0 Å². The van der Waals surface area contributed by atoms with Crippen LogP contribution in [0.3, 0.4) is 0 Å². The minimum absolute atomic E-state index is 0.0175. The van der Waals surface area contributed by atoms with Gasteiger partial charge in [0.2, 0.25) is 10.0 Å². The lowest BCUT2D eigenvalue weighted by atomic mass is 10.1. The van der Waals surface area contributed by atoms with E-state index in [0.717, 1.165) is 35.8 Å². The second-order valence-electron chi connectivity index (χ2n) is 7.75. The maximum atomic E-state index is 12.9. The van der Waals surface area contributed by atoms with Crippen molar-refractivity contribution in [2.24, 2.45) is 0 Å². The molecule has 0 aromatic heterocycles. The van der Waals surface area contributed by atoms with Crippen molar-refractivity contribution in [3.63, 3.8) is 0 Å². The fourth-order valence-electron chi connectivity index (χ4n) is 3.36. The molecule has 0 spiro atoms. The smallest absolute Gasteiger partial charge is 0.340 e.